The second-order valence-corrected chi connectivity index (χ2v) is 12.5. The number of nitriles is 1. The summed E-state index contributed by atoms with van der Waals surface area (Å²) in [6, 6.07) is 15.9. The number of ether oxygens (including phenoxy) is 3. The summed E-state index contributed by atoms with van der Waals surface area (Å²) in [5.74, 6) is 2.01. The van der Waals surface area contributed by atoms with Crippen LogP contribution in [0.5, 0.6) is 11.6 Å². The Bertz CT molecular complexity index is 1590. The first-order valence-corrected chi connectivity index (χ1v) is 15.5. The Morgan fingerprint density at radius 1 is 1.12 bits per heavy atom. The molecule has 1 saturated heterocycles. The Balaban J connectivity index is 1.60. The second kappa shape index (κ2) is 13.4. The predicted octanol–water partition coefficient (Wildman–Crippen LogP) is 4.49. The maximum Gasteiger partial charge on any atom is 0.407 e. The van der Waals surface area contributed by atoms with Crippen LogP contribution in [0.4, 0.5) is 10.6 Å². The second-order valence-electron chi connectivity index (χ2n) is 10.9. The zero-order valence-corrected chi connectivity index (χ0v) is 25.6. The van der Waals surface area contributed by atoms with Gasteiger partial charge in [0.15, 0.2) is 0 Å². The molecule has 1 aliphatic rings. The minimum Gasteiger partial charge on any atom is -0.444 e. The Hall–Kier alpha value is -4.25. The first-order chi connectivity index (χ1) is 20.3. The molecule has 1 unspecified atom stereocenters. The van der Waals surface area contributed by atoms with Gasteiger partial charge in [-0.05, 0) is 57.0 Å². The van der Waals surface area contributed by atoms with Gasteiger partial charge in [-0.1, -0.05) is 24.3 Å². The van der Waals surface area contributed by atoms with Crippen molar-refractivity contribution in [2.45, 2.75) is 39.4 Å². The molecule has 1 aromatic heterocycles. The minimum absolute atomic E-state index is 0.134. The number of hydrogen-bond acceptors (Lipinski definition) is 11. The van der Waals surface area contributed by atoms with Gasteiger partial charge < -0.3 is 24.4 Å². The Morgan fingerprint density at radius 3 is 2.44 bits per heavy atom. The van der Waals surface area contributed by atoms with Crippen LogP contribution in [0.15, 0.2) is 48.5 Å². The highest BCUT2D eigenvalue weighted by Gasteiger charge is 2.22. The van der Waals surface area contributed by atoms with Gasteiger partial charge in [-0.2, -0.15) is 18.7 Å². The Morgan fingerprint density at radius 2 is 1.81 bits per heavy atom. The smallest absolute Gasteiger partial charge is 0.407 e. The molecule has 43 heavy (non-hydrogen) atoms. The number of nitrogens with zero attached hydrogens (tertiary/aromatic N) is 4. The molecule has 228 valence electrons. The number of nitrogens with one attached hydrogen (secondary N) is 1. The van der Waals surface area contributed by atoms with E-state index in [0.29, 0.717) is 60.4 Å². The van der Waals surface area contributed by atoms with E-state index in [1.165, 1.54) is 0 Å². The highest BCUT2D eigenvalue weighted by atomic mass is 32.2. The number of rotatable bonds is 9. The predicted molar refractivity (Wildman–Crippen MR) is 159 cm³/mol. The molecule has 3 aromatic rings. The summed E-state index contributed by atoms with van der Waals surface area (Å²) >= 11 is 0. The van der Waals surface area contributed by atoms with Crippen molar-refractivity contribution < 1.29 is 31.6 Å². The molecule has 1 atom stereocenters. The number of benzene rings is 2. The molecule has 2 heterocycles. The summed E-state index contributed by atoms with van der Waals surface area (Å²) in [7, 11) is -3.85. The van der Waals surface area contributed by atoms with E-state index in [9.17, 15) is 18.5 Å². The quantitative estimate of drug-likeness (QED) is 0.341. The standard InChI is InChI=1S/C30H35N5O7S/c1-20-33-27(35-12-14-39-15-13-35)17-28(34-20)40-25-16-21(18-31)6-11-24(25)22-7-9-23(10-8-22)26(42-43(5,37)38)19-32-29(36)41-30(2,3)4/h6-11,16-17,26H,12-15,19H2,1-5H3,(H,32,36). The van der Waals surface area contributed by atoms with Crippen LogP contribution >= 0.6 is 0 Å². The molecule has 13 heteroatoms. The van der Waals surface area contributed by atoms with Crippen molar-refractivity contribution >= 4 is 22.0 Å². The molecule has 2 aromatic carbocycles. The summed E-state index contributed by atoms with van der Waals surface area (Å²) in [6.45, 7) is 9.46. The number of aryl methyl sites for hydroxylation is 1. The van der Waals surface area contributed by atoms with Gasteiger partial charge in [-0.3, -0.25) is 4.18 Å². The van der Waals surface area contributed by atoms with Gasteiger partial charge >= 0.3 is 6.09 Å². The highest BCUT2D eigenvalue weighted by molar-refractivity contribution is 7.86. The van der Waals surface area contributed by atoms with E-state index >= 15 is 0 Å². The van der Waals surface area contributed by atoms with E-state index in [2.05, 4.69) is 26.3 Å². The lowest BCUT2D eigenvalue weighted by atomic mass is 10.00. The largest absolute Gasteiger partial charge is 0.444 e. The molecule has 1 aliphatic heterocycles. The average Bonchev–Trinajstić information content (AvgIpc) is 2.94. The molecule has 1 fully saturated rings. The average molecular weight is 610 g/mol. The lowest BCUT2D eigenvalue weighted by molar-refractivity contribution is 0.0502. The van der Waals surface area contributed by atoms with E-state index in [1.807, 2.05) is 0 Å². The number of amides is 1. The number of carbonyl (C=O) groups excluding carboxylic acids is 1. The van der Waals surface area contributed by atoms with E-state index < -0.39 is 27.9 Å². The fourth-order valence-corrected chi connectivity index (χ4v) is 4.95. The van der Waals surface area contributed by atoms with Crippen LogP contribution in [-0.4, -0.2) is 69.2 Å². The summed E-state index contributed by atoms with van der Waals surface area (Å²) in [5, 5.41) is 12.1. The maximum atomic E-state index is 12.2. The van der Waals surface area contributed by atoms with Crippen molar-refractivity contribution in [3.05, 3.63) is 65.5 Å². The van der Waals surface area contributed by atoms with Crippen molar-refractivity contribution in [2.75, 3.05) is 44.0 Å². The first-order valence-electron chi connectivity index (χ1n) is 13.7. The number of aromatic nitrogens is 2. The monoisotopic (exact) mass is 609 g/mol. The lowest BCUT2D eigenvalue weighted by Crippen LogP contribution is -2.36. The third-order valence-corrected chi connectivity index (χ3v) is 6.76. The van der Waals surface area contributed by atoms with Crippen LogP contribution in [-0.2, 0) is 23.8 Å². The molecule has 0 aliphatic carbocycles. The molecule has 4 rings (SSSR count). The normalized spacial score (nSPS) is 14.5. The van der Waals surface area contributed by atoms with Crippen molar-refractivity contribution in [3.8, 4) is 28.8 Å². The molecular weight excluding hydrogens is 574 g/mol. The van der Waals surface area contributed by atoms with E-state index in [0.717, 1.165) is 17.6 Å². The van der Waals surface area contributed by atoms with Gasteiger partial charge in [-0.25, -0.2) is 9.78 Å². The van der Waals surface area contributed by atoms with Gasteiger partial charge in [-0.15, -0.1) is 0 Å². The van der Waals surface area contributed by atoms with Gasteiger partial charge in [0.2, 0.25) is 5.88 Å². The summed E-state index contributed by atoms with van der Waals surface area (Å²) in [6.07, 6.45) is -0.736. The molecule has 0 saturated carbocycles. The lowest BCUT2D eigenvalue weighted by Gasteiger charge is -2.28. The topological polar surface area (TPSA) is 153 Å². The zero-order chi connectivity index (χ0) is 31.2. The molecule has 0 radical (unpaired) electrons. The zero-order valence-electron chi connectivity index (χ0n) is 24.8. The molecule has 1 amide bonds. The van der Waals surface area contributed by atoms with Crippen LogP contribution in [0.2, 0.25) is 0 Å². The van der Waals surface area contributed by atoms with Gasteiger partial charge in [0.05, 0.1) is 37.6 Å². The fourth-order valence-electron chi connectivity index (χ4n) is 4.35. The fraction of sp³-hybridized carbons (Fsp3) is 0.400. The molecule has 12 nitrogen and oxygen atoms in total. The number of carbonyl (C=O) groups is 1. The van der Waals surface area contributed by atoms with Crippen LogP contribution in [0.3, 0.4) is 0 Å². The van der Waals surface area contributed by atoms with Crippen LogP contribution in [0, 0.1) is 18.3 Å². The molecule has 1 N–H and O–H groups in total. The molecule has 0 spiro atoms. The van der Waals surface area contributed by atoms with Crippen molar-refractivity contribution in [2.24, 2.45) is 0 Å². The van der Waals surface area contributed by atoms with E-state index in [4.69, 9.17) is 18.4 Å². The van der Waals surface area contributed by atoms with Gasteiger partial charge in [0.25, 0.3) is 10.1 Å². The van der Waals surface area contributed by atoms with Gasteiger partial charge in [0.1, 0.15) is 29.1 Å². The van der Waals surface area contributed by atoms with Crippen LogP contribution in [0.1, 0.15) is 43.8 Å². The highest BCUT2D eigenvalue weighted by Crippen LogP contribution is 2.35. The molecule has 0 bridgehead atoms. The SMILES string of the molecule is Cc1nc(Oc2cc(C#N)ccc2-c2ccc(C(CNC(=O)OC(C)(C)C)OS(C)(=O)=O)cc2)cc(N2CCOCC2)n1. The summed E-state index contributed by atoms with van der Waals surface area (Å²) in [4.78, 5) is 23.3. The van der Waals surface area contributed by atoms with Crippen molar-refractivity contribution in [3.63, 3.8) is 0 Å². The number of hydrogen-bond donors (Lipinski definition) is 1. The summed E-state index contributed by atoms with van der Waals surface area (Å²) < 4.78 is 46.2. The first kappa shape index (κ1) is 31.7. The van der Waals surface area contributed by atoms with E-state index in [1.54, 1.807) is 76.2 Å². The molecular formula is C30H35N5O7S. The van der Waals surface area contributed by atoms with Crippen LogP contribution < -0.4 is 15.0 Å². The third-order valence-electron chi connectivity index (χ3n) is 6.18. The third kappa shape index (κ3) is 9.37. The number of anilines is 1. The number of morpholine rings is 1. The maximum absolute atomic E-state index is 12.2. The van der Waals surface area contributed by atoms with Crippen LogP contribution in [0.25, 0.3) is 11.1 Å². The van der Waals surface area contributed by atoms with Crippen molar-refractivity contribution in [1.82, 2.24) is 15.3 Å². The van der Waals surface area contributed by atoms with Gasteiger partial charge in [0, 0.05) is 24.7 Å². The minimum atomic E-state index is -3.85. The number of alkyl carbamates (subject to hydrolysis) is 1. The van der Waals surface area contributed by atoms with E-state index in [-0.39, 0.29) is 6.54 Å². The van der Waals surface area contributed by atoms with Crippen molar-refractivity contribution in [1.29, 1.82) is 5.26 Å². The summed E-state index contributed by atoms with van der Waals surface area (Å²) in [5.41, 5.74) is 1.63. The Kier molecular flexibility index (Phi) is 9.85. The Labute approximate surface area is 251 Å².